The van der Waals surface area contributed by atoms with E-state index < -0.39 is 15.5 Å². The summed E-state index contributed by atoms with van der Waals surface area (Å²) in [4.78, 5) is 18.5. The van der Waals surface area contributed by atoms with Crippen molar-refractivity contribution in [3.05, 3.63) is 30.2 Å². The number of carbonyl (C=O) groups excluding carboxylic acids is 1. The van der Waals surface area contributed by atoms with Gasteiger partial charge in [0.15, 0.2) is 0 Å². The van der Waals surface area contributed by atoms with Gasteiger partial charge in [-0.2, -0.15) is 4.98 Å². The lowest BCUT2D eigenvalue weighted by Gasteiger charge is -2.37. The molecule has 8 heteroatoms. The van der Waals surface area contributed by atoms with E-state index in [1.807, 2.05) is 32.0 Å². The first-order chi connectivity index (χ1) is 11.4. The number of hydrogen-bond donors (Lipinski definition) is 1. The summed E-state index contributed by atoms with van der Waals surface area (Å²) in [5.41, 5.74) is 1.32. The molecule has 2 amide bonds. The number of urea groups is 1. The van der Waals surface area contributed by atoms with Gasteiger partial charge in [0.05, 0.1) is 10.4 Å². The molecule has 0 bridgehead atoms. The molecule has 0 aliphatic carbocycles. The third-order valence-electron chi connectivity index (χ3n) is 3.96. The number of nitrogens with zero attached hydrogens (tertiary/aromatic N) is 3. The molecule has 3 rings (SSSR count). The number of hydrogen-bond acceptors (Lipinski definition) is 5. The van der Waals surface area contributed by atoms with Gasteiger partial charge in [-0.25, -0.2) is 4.79 Å². The number of nitrogens with one attached hydrogen (secondary N) is 1. The van der Waals surface area contributed by atoms with E-state index in [0.717, 1.165) is 0 Å². The summed E-state index contributed by atoms with van der Waals surface area (Å²) in [5.74, 6) is 1.39. The fraction of sp³-hybridized carbons (Fsp3) is 0.438. The molecule has 7 nitrogen and oxygen atoms in total. The summed E-state index contributed by atoms with van der Waals surface area (Å²) >= 11 is 0. The van der Waals surface area contributed by atoms with Gasteiger partial charge in [0.25, 0.3) is 0 Å². The molecular weight excluding hydrogens is 328 g/mol. The lowest BCUT2D eigenvalue weighted by Crippen LogP contribution is -2.53. The van der Waals surface area contributed by atoms with Gasteiger partial charge in [-0.1, -0.05) is 17.3 Å². The van der Waals surface area contributed by atoms with Crippen LogP contribution in [0.5, 0.6) is 0 Å². The Balaban J connectivity index is 1.79. The van der Waals surface area contributed by atoms with Crippen LogP contribution in [0.3, 0.4) is 0 Å². The summed E-state index contributed by atoms with van der Waals surface area (Å²) in [6.07, 6.45) is 0. The molecule has 1 aromatic heterocycles. The first kappa shape index (κ1) is 16.6. The van der Waals surface area contributed by atoms with Crippen molar-refractivity contribution in [3.63, 3.8) is 0 Å². The quantitative estimate of drug-likeness (QED) is 0.900. The van der Waals surface area contributed by atoms with Gasteiger partial charge in [0.2, 0.25) is 11.7 Å². The number of rotatable bonds is 2. The summed E-state index contributed by atoms with van der Waals surface area (Å²) in [7, 11) is -0.920. The van der Waals surface area contributed by atoms with Gasteiger partial charge in [0, 0.05) is 42.1 Å². The van der Waals surface area contributed by atoms with Gasteiger partial charge >= 0.3 is 6.03 Å². The smallest absolute Gasteiger partial charge is 0.321 e. The summed E-state index contributed by atoms with van der Waals surface area (Å²) in [6.45, 7) is 6.48. The van der Waals surface area contributed by atoms with Crippen molar-refractivity contribution in [3.8, 4) is 11.4 Å². The second-order valence-corrected chi connectivity index (χ2v) is 8.55. The molecule has 1 aliphatic heterocycles. The predicted molar refractivity (Wildman–Crippen MR) is 92.2 cm³/mol. The van der Waals surface area contributed by atoms with Crippen LogP contribution in [-0.4, -0.2) is 48.9 Å². The Hall–Kier alpha value is -2.22. The van der Waals surface area contributed by atoms with Crippen molar-refractivity contribution >= 4 is 22.5 Å². The minimum Gasteiger partial charge on any atom is -0.339 e. The van der Waals surface area contributed by atoms with Crippen LogP contribution in [0.25, 0.3) is 11.4 Å². The SMILES string of the molecule is Cc1nc(-c2ccccc2NC(=O)N2CC[S@](=O)C(C)(C)C2)no1. The maximum atomic E-state index is 12.6. The van der Waals surface area contributed by atoms with Crippen LogP contribution in [0.1, 0.15) is 19.7 Å². The Labute approximate surface area is 142 Å². The number of para-hydroxylation sites is 1. The molecule has 0 saturated carbocycles. The number of amides is 2. The normalized spacial score (nSPS) is 20.0. The van der Waals surface area contributed by atoms with Crippen LogP contribution in [0.15, 0.2) is 28.8 Å². The number of aryl methyl sites for hydroxylation is 1. The first-order valence-corrected chi connectivity index (χ1v) is 9.03. The lowest BCUT2D eigenvalue weighted by atomic mass is 10.1. The topological polar surface area (TPSA) is 88.3 Å². The highest BCUT2D eigenvalue weighted by molar-refractivity contribution is 7.86. The van der Waals surface area contributed by atoms with Crippen molar-refractivity contribution < 1.29 is 13.5 Å². The molecular formula is C16H20N4O3S. The highest BCUT2D eigenvalue weighted by Gasteiger charge is 2.35. The van der Waals surface area contributed by atoms with Crippen LogP contribution < -0.4 is 5.32 Å². The predicted octanol–water partition coefficient (Wildman–Crippen LogP) is 2.42. The molecule has 1 aromatic carbocycles. The fourth-order valence-corrected chi connectivity index (χ4v) is 3.88. The third-order valence-corrected chi connectivity index (χ3v) is 5.87. The lowest BCUT2D eigenvalue weighted by molar-refractivity contribution is 0.207. The molecule has 1 N–H and O–H groups in total. The molecule has 2 heterocycles. The van der Waals surface area contributed by atoms with E-state index in [1.54, 1.807) is 17.9 Å². The van der Waals surface area contributed by atoms with Gasteiger partial charge in [-0.05, 0) is 26.0 Å². The molecule has 24 heavy (non-hydrogen) atoms. The van der Waals surface area contributed by atoms with Crippen molar-refractivity contribution in [2.75, 3.05) is 24.2 Å². The standard InChI is InChI=1S/C16H20N4O3S/c1-11-17-14(19-23-11)12-6-4-5-7-13(12)18-15(21)20-8-9-24(22)16(2,3)10-20/h4-7H,8-10H2,1-3H3,(H,18,21)/t24-/m0/s1. The van der Waals surface area contributed by atoms with E-state index in [1.165, 1.54) is 0 Å². The minimum absolute atomic E-state index is 0.215. The highest BCUT2D eigenvalue weighted by Crippen LogP contribution is 2.26. The maximum Gasteiger partial charge on any atom is 0.321 e. The van der Waals surface area contributed by atoms with E-state index in [9.17, 15) is 9.00 Å². The molecule has 1 atom stereocenters. The van der Waals surface area contributed by atoms with Crippen LogP contribution >= 0.6 is 0 Å². The van der Waals surface area contributed by atoms with Crippen molar-refractivity contribution in [2.45, 2.75) is 25.5 Å². The highest BCUT2D eigenvalue weighted by atomic mass is 32.2. The second-order valence-electron chi connectivity index (χ2n) is 6.34. The van der Waals surface area contributed by atoms with E-state index in [0.29, 0.717) is 41.8 Å². The molecule has 1 aliphatic rings. The molecule has 128 valence electrons. The zero-order valence-electron chi connectivity index (χ0n) is 13.9. The summed E-state index contributed by atoms with van der Waals surface area (Å²) in [5, 5.41) is 6.82. The zero-order chi connectivity index (χ0) is 17.3. The average molecular weight is 348 g/mol. The summed E-state index contributed by atoms with van der Waals surface area (Å²) < 4.78 is 16.6. The fourth-order valence-electron chi connectivity index (χ4n) is 2.64. The van der Waals surface area contributed by atoms with Crippen molar-refractivity contribution in [1.29, 1.82) is 0 Å². The Kier molecular flexibility index (Phi) is 4.40. The zero-order valence-corrected chi connectivity index (χ0v) is 14.7. The Morgan fingerprint density at radius 1 is 1.38 bits per heavy atom. The van der Waals surface area contributed by atoms with Gasteiger partial charge in [-0.3, -0.25) is 4.21 Å². The Morgan fingerprint density at radius 2 is 2.12 bits per heavy atom. The Bertz CT molecular complexity index is 787. The van der Waals surface area contributed by atoms with E-state index in [4.69, 9.17) is 4.52 Å². The third kappa shape index (κ3) is 3.33. The van der Waals surface area contributed by atoms with Gasteiger partial charge < -0.3 is 14.7 Å². The number of benzene rings is 1. The van der Waals surface area contributed by atoms with E-state index in [-0.39, 0.29) is 6.03 Å². The molecule has 2 aromatic rings. The molecule has 0 unspecified atom stereocenters. The monoisotopic (exact) mass is 348 g/mol. The van der Waals surface area contributed by atoms with Gasteiger partial charge in [0.1, 0.15) is 0 Å². The van der Waals surface area contributed by atoms with Crippen LogP contribution in [0.4, 0.5) is 10.5 Å². The largest absolute Gasteiger partial charge is 0.339 e. The van der Waals surface area contributed by atoms with Crippen LogP contribution in [-0.2, 0) is 10.8 Å². The van der Waals surface area contributed by atoms with E-state index >= 15 is 0 Å². The van der Waals surface area contributed by atoms with Crippen LogP contribution in [0.2, 0.25) is 0 Å². The van der Waals surface area contributed by atoms with Gasteiger partial charge in [-0.15, -0.1) is 0 Å². The molecule has 1 saturated heterocycles. The first-order valence-electron chi connectivity index (χ1n) is 7.71. The average Bonchev–Trinajstić information content (AvgIpc) is 2.96. The molecule has 1 fully saturated rings. The number of carbonyl (C=O) groups is 1. The van der Waals surface area contributed by atoms with Crippen molar-refractivity contribution in [2.24, 2.45) is 0 Å². The maximum absolute atomic E-state index is 12.6. The minimum atomic E-state index is -0.920. The number of anilines is 1. The van der Waals surface area contributed by atoms with E-state index in [2.05, 4.69) is 15.5 Å². The molecule has 0 spiro atoms. The molecule has 0 radical (unpaired) electrons. The number of aromatic nitrogens is 2. The summed E-state index contributed by atoms with van der Waals surface area (Å²) in [6, 6.07) is 7.10. The van der Waals surface area contributed by atoms with Crippen molar-refractivity contribution in [1.82, 2.24) is 15.0 Å². The second kappa shape index (κ2) is 6.35. The van der Waals surface area contributed by atoms with Crippen LogP contribution in [0, 0.1) is 6.92 Å². The Morgan fingerprint density at radius 3 is 2.79 bits per heavy atom.